The van der Waals surface area contributed by atoms with Crippen molar-refractivity contribution < 1.29 is 24.5 Å². The third-order valence-corrected chi connectivity index (χ3v) is 11.2. The molecular weight excluding hydrogens is 803 g/mol. The molecule has 0 radical (unpaired) electrons. The van der Waals surface area contributed by atoms with E-state index in [4.69, 9.17) is 4.74 Å². The number of aliphatic hydroxyl groups is 2. The van der Waals surface area contributed by atoms with E-state index < -0.39 is 18.2 Å². The molecule has 3 unspecified atom stereocenters. The van der Waals surface area contributed by atoms with E-state index in [0.717, 1.165) is 83.5 Å². The van der Waals surface area contributed by atoms with Crippen LogP contribution < -0.4 is 5.32 Å². The highest BCUT2D eigenvalue weighted by molar-refractivity contribution is 5.77. The molecule has 0 aliphatic rings. The molecule has 0 aromatic heterocycles. The molecule has 65 heavy (non-hydrogen) atoms. The van der Waals surface area contributed by atoms with E-state index in [-0.39, 0.29) is 24.9 Å². The van der Waals surface area contributed by atoms with Gasteiger partial charge in [-0.05, 0) is 83.5 Å². The van der Waals surface area contributed by atoms with E-state index in [2.05, 4.69) is 86.8 Å². The fraction of sp³-hybridized carbons (Fsp3) is 0.627. The van der Waals surface area contributed by atoms with Crippen LogP contribution in [0.1, 0.15) is 213 Å². The maximum Gasteiger partial charge on any atom is 0.306 e. The Hall–Kier alpha value is -3.74. The number of aliphatic hydroxyl groups excluding tert-OH is 2. The summed E-state index contributed by atoms with van der Waals surface area (Å²) in [5.74, 6) is -0.591. The van der Waals surface area contributed by atoms with Gasteiger partial charge in [0.25, 0.3) is 0 Å². The van der Waals surface area contributed by atoms with E-state index in [1.54, 1.807) is 0 Å². The quantitative estimate of drug-likeness (QED) is 0.0245. The second-order valence-electron chi connectivity index (χ2n) is 17.3. The molecule has 3 atom stereocenters. The predicted molar refractivity (Wildman–Crippen MR) is 282 cm³/mol. The fourth-order valence-corrected chi connectivity index (χ4v) is 7.21. The predicted octanol–water partition coefficient (Wildman–Crippen LogP) is 16.1. The lowest BCUT2D eigenvalue weighted by Crippen LogP contribution is -2.46. The second kappa shape index (κ2) is 51.2. The summed E-state index contributed by atoms with van der Waals surface area (Å²) in [5.41, 5.74) is 0. The maximum absolute atomic E-state index is 13.2. The molecule has 1 amide bonds. The van der Waals surface area contributed by atoms with Crippen LogP contribution in [0, 0.1) is 0 Å². The van der Waals surface area contributed by atoms with Gasteiger partial charge in [-0.15, -0.1) is 0 Å². The van der Waals surface area contributed by atoms with Gasteiger partial charge in [0.05, 0.1) is 25.2 Å². The lowest BCUT2D eigenvalue weighted by Gasteiger charge is -2.24. The molecule has 0 spiro atoms. The van der Waals surface area contributed by atoms with Crippen LogP contribution in [0.5, 0.6) is 0 Å². The summed E-state index contributed by atoms with van der Waals surface area (Å²) in [7, 11) is 0. The van der Waals surface area contributed by atoms with Crippen molar-refractivity contribution in [2.75, 3.05) is 6.61 Å². The van der Waals surface area contributed by atoms with Gasteiger partial charge >= 0.3 is 5.97 Å². The summed E-state index contributed by atoms with van der Waals surface area (Å²) in [6.07, 6.45) is 71.1. The number of hydrogen-bond acceptors (Lipinski definition) is 5. The molecule has 368 valence electrons. The van der Waals surface area contributed by atoms with E-state index >= 15 is 0 Å². The number of allylic oxidation sites excluding steroid dienone is 20. The molecule has 0 aliphatic carbocycles. The van der Waals surface area contributed by atoms with Gasteiger partial charge in [0.2, 0.25) is 5.91 Å². The minimum atomic E-state index is -0.818. The zero-order valence-corrected chi connectivity index (χ0v) is 41.8. The van der Waals surface area contributed by atoms with Crippen molar-refractivity contribution in [2.45, 2.75) is 232 Å². The first-order valence-electron chi connectivity index (χ1n) is 26.3. The molecular formula is C59H97NO5. The topological polar surface area (TPSA) is 95.9 Å². The number of rotatable bonds is 45. The molecule has 0 aromatic carbocycles. The van der Waals surface area contributed by atoms with E-state index in [1.165, 1.54) is 83.5 Å². The smallest absolute Gasteiger partial charge is 0.306 e. The number of nitrogens with one attached hydrogen (secondary N) is 1. The number of ether oxygens (including phenoxy) is 1. The van der Waals surface area contributed by atoms with Gasteiger partial charge in [-0.25, -0.2) is 0 Å². The van der Waals surface area contributed by atoms with Crippen LogP contribution in [0.25, 0.3) is 0 Å². The number of unbranched alkanes of at least 4 members (excludes halogenated alkanes) is 18. The van der Waals surface area contributed by atoms with Crippen LogP contribution in [0.2, 0.25) is 0 Å². The van der Waals surface area contributed by atoms with Gasteiger partial charge in [-0.1, -0.05) is 239 Å². The normalized spacial score (nSPS) is 14.2. The molecule has 0 heterocycles. The first-order chi connectivity index (χ1) is 32.0. The van der Waals surface area contributed by atoms with Crippen molar-refractivity contribution in [2.24, 2.45) is 0 Å². The van der Waals surface area contributed by atoms with Gasteiger partial charge in [0.15, 0.2) is 0 Å². The molecule has 0 bridgehead atoms. The van der Waals surface area contributed by atoms with Gasteiger partial charge in [-0.3, -0.25) is 9.59 Å². The molecule has 6 nitrogen and oxygen atoms in total. The fourth-order valence-electron chi connectivity index (χ4n) is 7.21. The van der Waals surface area contributed by atoms with Gasteiger partial charge < -0.3 is 20.3 Å². The first kappa shape index (κ1) is 61.3. The highest BCUT2D eigenvalue weighted by atomic mass is 16.5. The largest absolute Gasteiger partial charge is 0.462 e. The maximum atomic E-state index is 13.2. The van der Waals surface area contributed by atoms with Gasteiger partial charge in [0, 0.05) is 6.42 Å². The summed E-state index contributed by atoms with van der Waals surface area (Å²) in [4.78, 5) is 26.2. The summed E-state index contributed by atoms with van der Waals surface area (Å²) in [6.45, 7) is 6.27. The SMILES string of the molecule is CC\C=C/C=C/C=C/C=C\C=C\C=C\CCCCCC(=O)OC(CCC/C=C\C/C=C\C/C=C\C/C=C\CCCCC)CC(=O)NC(CO)C(O)CCCCCCCCCCCCCC. The molecule has 3 N–H and O–H groups in total. The zero-order chi connectivity index (χ0) is 47.4. The Kier molecular flexibility index (Phi) is 48.3. The van der Waals surface area contributed by atoms with E-state index in [0.29, 0.717) is 19.3 Å². The number of carbonyl (C=O) groups excluding carboxylic acids is 2. The van der Waals surface area contributed by atoms with Crippen molar-refractivity contribution in [3.05, 3.63) is 122 Å². The van der Waals surface area contributed by atoms with Crippen LogP contribution in [0.15, 0.2) is 122 Å². The summed E-state index contributed by atoms with van der Waals surface area (Å²) in [5, 5.41) is 23.8. The summed E-state index contributed by atoms with van der Waals surface area (Å²) >= 11 is 0. The molecule has 0 fully saturated rings. The van der Waals surface area contributed by atoms with Crippen LogP contribution in [0.3, 0.4) is 0 Å². The van der Waals surface area contributed by atoms with Crippen molar-refractivity contribution >= 4 is 11.9 Å². The average Bonchev–Trinajstić information content (AvgIpc) is 3.30. The molecule has 0 aliphatic heterocycles. The van der Waals surface area contributed by atoms with Crippen LogP contribution in [0.4, 0.5) is 0 Å². The Bertz CT molecular complexity index is 1380. The number of amides is 1. The van der Waals surface area contributed by atoms with Crippen LogP contribution in [-0.2, 0) is 14.3 Å². The van der Waals surface area contributed by atoms with E-state index in [9.17, 15) is 19.8 Å². The minimum Gasteiger partial charge on any atom is -0.462 e. The summed E-state index contributed by atoms with van der Waals surface area (Å²) < 4.78 is 5.89. The molecule has 0 saturated carbocycles. The highest BCUT2D eigenvalue weighted by Crippen LogP contribution is 2.16. The lowest BCUT2D eigenvalue weighted by atomic mass is 10.0. The third-order valence-electron chi connectivity index (χ3n) is 11.2. The van der Waals surface area contributed by atoms with Gasteiger partial charge in [-0.2, -0.15) is 0 Å². The third kappa shape index (κ3) is 46.6. The zero-order valence-electron chi connectivity index (χ0n) is 41.8. The first-order valence-corrected chi connectivity index (χ1v) is 26.3. The van der Waals surface area contributed by atoms with Crippen molar-refractivity contribution in [1.29, 1.82) is 0 Å². The molecule has 6 heteroatoms. The van der Waals surface area contributed by atoms with Crippen LogP contribution >= 0.6 is 0 Å². The van der Waals surface area contributed by atoms with E-state index in [1.807, 2.05) is 60.8 Å². The Morgan fingerprint density at radius 3 is 1.45 bits per heavy atom. The van der Waals surface area contributed by atoms with Gasteiger partial charge in [0.1, 0.15) is 6.10 Å². The molecule has 0 saturated heterocycles. The standard InChI is InChI=1S/C59H97NO5/c1-4-7-10-13-16-19-22-25-27-29-31-33-35-38-41-44-47-50-55(65-59(64)52-49-46-43-40-37-34-32-30-28-26-23-20-17-14-11-8-5-2)53-58(63)60-56(54-61)57(62)51-48-45-42-39-36-24-21-18-15-12-9-6-3/h8,11,14,16-17,19-20,23,25-28,30-34,37-38,41,55-57,61-62H,4-7,9-10,12-13,15,18,21-22,24,29,35-36,39-40,42-54H2,1-3H3,(H,60,63)/b11-8-,17-14+,19-16-,23-20+,27-25-,28-26-,32-30+,33-31-,37-34+,41-38-. The molecule has 0 aromatic rings. The van der Waals surface area contributed by atoms with Crippen molar-refractivity contribution in [1.82, 2.24) is 5.32 Å². The Morgan fingerprint density at radius 1 is 0.477 bits per heavy atom. The van der Waals surface area contributed by atoms with Crippen LogP contribution in [-0.4, -0.2) is 46.9 Å². The number of hydrogen-bond donors (Lipinski definition) is 3. The minimum absolute atomic E-state index is 0.0136. The highest BCUT2D eigenvalue weighted by Gasteiger charge is 2.24. The summed E-state index contributed by atoms with van der Waals surface area (Å²) in [6, 6.07) is -0.737. The Balaban J connectivity index is 4.82. The van der Waals surface area contributed by atoms with Crippen molar-refractivity contribution in [3.8, 4) is 0 Å². The Morgan fingerprint density at radius 2 is 0.908 bits per heavy atom. The average molecular weight is 900 g/mol. The Labute approximate surface area is 400 Å². The lowest BCUT2D eigenvalue weighted by molar-refractivity contribution is -0.151. The molecule has 0 rings (SSSR count). The van der Waals surface area contributed by atoms with Crippen molar-refractivity contribution in [3.63, 3.8) is 0 Å². The monoisotopic (exact) mass is 900 g/mol. The number of esters is 1. The second-order valence-corrected chi connectivity index (χ2v) is 17.3. The number of carbonyl (C=O) groups is 2.